The summed E-state index contributed by atoms with van der Waals surface area (Å²) in [6.45, 7) is 0.818. The van der Waals surface area contributed by atoms with E-state index in [4.69, 9.17) is 9.47 Å². The van der Waals surface area contributed by atoms with Gasteiger partial charge in [0.2, 0.25) is 12.7 Å². The number of ether oxygens (including phenoxy) is 2. The lowest BCUT2D eigenvalue weighted by atomic mass is 10.1. The van der Waals surface area contributed by atoms with Gasteiger partial charge in [0.05, 0.1) is 5.52 Å². The quantitative estimate of drug-likeness (QED) is 0.707. The first-order chi connectivity index (χ1) is 12.7. The van der Waals surface area contributed by atoms with Crippen molar-refractivity contribution < 1.29 is 14.3 Å². The summed E-state index contributed by atoms with van der Waals surface area (Å²) in [7, 11) is 1.83. The maximum Gasteiger partial charge on any atom is 0.231 e. The number of fused-ring (bicyclic) bond motifs is 2. The van der Waals surface area contributed by atoms with Gasteiger partial charge in [0.1, 0.15) is 0 Å². The second kappa shape index (κ2) is 7.04. The van der Waals surface area contributed by atoms with Crippen molar-refractivity contribution in [2.75, 3.05) is 13.8 Å². The van der Waals surface area contributed by atoms with E-state index in [-0.39, 0.29) is 12.7 Å². The van der Waals surface area contributed by atoms with E-state index in [1.54, 1.807) is 4.90 Å². The molecule has 0 bridgehead atoms. The molecule has 0 saturated heterocycles. The van der Waals surface area contributed by atoms with Crippen LogP contribution in [0.3, 0.4) is 0 Å². The number of aromatic nitrogens is 1. The summed E-state index contributed by atoms with van der Waals surface area (Å²) in [5, 5.41) is 1.09. The van der Waals surface area contributed by atoms with Crippen LogP contribution in [0.15, 0.2) is 54.7 Å². The number of carbonyl (C=O) groups excluding carboxylic acids is 1. The molecule has 0 radical (unpaired) electrons. The van der Waals surface area contributed by atoms with E-state index in [2.05, 4.69) is 11.1 Å². The van der Waals surface area contributed by atoms with Crippen LogP contribution in [0.4, 0.5) is 0 Å². The first-order valence-corrected chi connectivity index (χ1v) is 8.65. The smallest absolute Gasteiger partial charge is 0.231 e. The number of aryl methyl sites for hydroxylation is 1. The molecule has 4 rings (SSSR count). The second-order valence-electron chi connectivity index (χ2n) is 6.47. The Bertz CT molecular complexity index is 955. The van der Waals surface area contributed by atoms with Gasteiger partial charge in [-0.1, -0.05) is 24.3 Å². The SMILES string of the molecule is CN(Cc1cnc2ccccc2c1)C(=O)CCc1ccc2c(c1)OCO2. The highest BCUT2D eigenvalue weighted by Gasteiger charge is 2.15. The number of carbonyl (C=O) groups is 1. The van der Waals surface area contributed by atoms with E-state index < -0.39 is 0 Å². The third kappa shape index (κ3) is 3.47. The standard InChI is InChI=1S/C21H20N2O3/c1-23(13-16-10-17-4-2-3-5-18(17)22-12-16)21(24)9-7-15-6-8-19-20(11-15)26-14-25-19/h2-6,8,10-12H,7,9,13-14H2,1H3. The lowest BCUT2D eigenvalue weighted by Crippen LogP contribution is -2.26. The van der Waals surface area contributed by atoms with E-state index in [1.807, 2.05) is 55.7 Å². The van der Waals surface area contributed by atoms with Crippen LogP contribution in [0.5, 0.6) is 11.5 Å². The molecule has 0 saturated carbocycles. The Balaban J connectivity index is 1.36. The van der Waals surface area contributed by atoms with Gasteiger partial charge in [-0.25, -0.2) is 0 Å². The van der Waals surface area contributed by atoms with Crippen LogP contribution in [-0.2, 0) is 17.8 Å². The van der Waals surface area contributed by atoms with E-state index >= 15 is 0 Å². The molecule has 5 nitrogen and oxygen atoms in total. The van der Waals surface area contributed by atoms with Crippen molar-refractivity contribution in [3.05, 3.63) is 65.9 Å². The second-order valence-corrected chi connectivity index (χ2v) is 6.47. The van der Waals surface area contributed by atoms with Gasteiger partial charge < -0.3 is 14.4 Å². The molecular formula is C21H20N2O3. The molecule has 0 spiro atoms. The lowest BCUT2D eigenvalue weighted by molar-refractivity contribution is -0.130. The van der Waals surface area contributed by atoms with Crippen molar-refractivity contribution in [2.45, 2.75) is 19.4 Å². The zero-order chi connectivity index (χ0) is 17.9. The molecule has 1 aliphatic heterocycles. The molecule has 5 heteroatoms. The average molecular weight is 348 g/mol. The van der Waals surface area contributed by atoms with Crippen molar-refractivity contribution in [1.82, 2.24) is 9.88 Å². The Hall–Kier alpha value is -3.08. The minimum atomic E-state index is 0.107. The fourth-order valence-corrected chi connectivity index (χ4v) is 3.10. The Morgan fingerprint density at radius 2 is 1.92 bits per heavy atom. The average Bonchev–Trinajstić information content (AvgIpc) is 3.13. The van der Waals surface area contributed by atoms with Crippen LogP contribution in [-0.4, -0.2) is 29.6 Å². The molecule has 2 aromatic carbocycles. The molecule has 0 atom stereocenters. The predicted molar refractivity (Wildman–Crippen MR) is 99.1 cm³/mol. The molecule has 1 aliphatic rings. The molecule has 0 aliphatic carbocycles. The van der Waals surface area contributed by atoms with Gasteiger partial charge in [-0.05, 0) is 41.8 Å². The van der Waals surface area contributed by atoms with Crippen LogP contribution < -0.4 is 9.47 Å². The molecule has 0 fully saturated rings. The number of rotatable bonds is 5. The summed E-state index contributed by atoms with van der Waals surface area (Å²) in [6, 6.07) is 15.9. The van der Waals surface area contributed by atoms with Crippen LogP contribution in [0.2, 0.25) is 0 Å². The minimum Gasteiger partial charge on any atom is -0.454 e. The number of para-hydroxylation sites is 1. The third-order valence-corrected chi connectivity index (χ3v) is 4.56. The molecule has 0 N–H and O–H groups in total. The van der Waals surface area contributed by atoms with Crippen molar-refractivity contribution in [1.29, 1.82) is 0 Å². The Morgan fingerprint density at radius 3 is 2.85 bits per heavy atom. The van der Waals surface area contributed by atoms with Crippen LogP contribution in [0.25, 0.3) is 10.9 Å². The van der Waals surface area contributed by atoms with Crippen LogP contribution >= 0.6 is 0 Å². The number of hydrogen-bond donors (Lipinski definition) is 0. The van der Waals surface area contributed by atoms with E-state index in [0.29, 0.717) is 19.4 Å². The number of benzene rings is 2. The van der Waals surface area contributed by atoms with Gasteiger partial charge in [0, 0.05) is 31.6 Å². The number of amides is 1. The Labute approximate surface area is 152 Å². The molecule has 26 heavy (non-hydrogen) atoms. The number of nitrogens with zero attached hydrogens (tertiary/aromatic N) is 2. The number of pyridine rings is 1. The summed E-state index contributed by atoms with van der Waals surface area (Å²) in [5.74, 6) is 1.63. The van der Waals surface area contributed by atoms with Gasteiger partial charge >= 0.3 is 0 Å². The van der Waals surface area contributed by atoms with Gasteiger partial charge in [0.15, 0.2) is 11.5 Å². The van der Waals surface area contributed by atoms with Gasteiger partial charge in [-0.15, -0.1) is 0 Å². The predicted octanol–water partition coefficient (Wildman–Crippen LogP) is 3.55. The van der Waals surface area contributed by atoms with E-state index in [1.165, 1.54) is 0 Å². The molecule has 0 unspecified atom stereocenters. The first kappa shape index (κ1) is 16.4. The minimum absolute atomic E-state index is 0.107. The zero-order valence-electron chi connectivity index (χ0n) is 14.6. The maximum atomic E-state index is 12.5. The third-order valence-electron chi connectivity index (χ3n) is 4.56. The molecule has 1 amide bonds. The molecule has 1 aromatic heterocycles. The molecular weight excluding hydrogens is 328 g/mol. The fourth-order valence-electron chi connectivity index (χ4n) is 3.10. The highest BCUT2D eigenvalue weighted by Crippen LogP contribution is 2.32. The Morgan fingerprint density at radius 1 is 1.08 bits per heavy atom. The fraction of sp³-hybridized carbons (Fsp3) is 0.238. The van der Waals surface area contributed by atoms with E-state index in [9.17, 15) is 4.79 Å². The zero-order valence-corrected chi connectivity index (χ0v) is 14.6. The summed E-state index contributed by atoms with van der Waals surface area (Å²) < 4.78 is 10.7. The topological polar surface area (TPSA) is 51.7 Å². The summed E-state index contributed by atoms with van der Waals surface area (Å²) in [4.78, 5) is 18.7. The summed E-state index contributed by atoms with van der Waals surface area (Å²) >= 11 is 0. The van der Waals surface area contributed by atoms with Crippen LogP contribution in [0.1, 0.15) is 17.5 Å². The van der Waals surface area contributed by atoms with Crippen molar-refractivity contribution in [3.63, 3.8) is 0 Å². The van der Waals surface area contributed by atoms with Gasteiger partial charge in [-0.3, -0.25) is 9.78 Å². The lowest BCUT2D eigenvalue weighted by Gasteiger charge is -2.17. The highest BCUT2D eigenvalue weighted by atomic mass is 16.7. The van der Waals surface area contributed by atoms with E-state index in [0.717, 1.165) is 33.5 Å². The van der Waals surface area contributed by atoms with Gasteiger partial charge in [0.25, 0.3) is 0 Å². The molecule has 2 heterocycles. The van der Waals surface area contributed by atoms with Crippen molar-refractivity contribution in [2.24, 2.45) is 0 Å². The van der Waals surface area contributed by atoms with Crippen molar-refractivity contribution >= 4 is 16.8 Å². The first-order valence-electron chi connectivity index (χ1n) is 8.65. The monoisotopic (exact) mass is 348 g/mol. The highest BCUT2D eigenvalue weighted by molar-refractivity contribution is 5.79. The van der Waals surface area contributed by atoms with Crippen molar-refractivity contribution in [3.8, 4) is 11.5 Å². The normalized spacial score (nSPS) is 12.3. The van der Waals surface area contributed by atoms with Crippen LogP contribution in [0, 0.1) is 0 Å². The molecule has 3 aromatic rings. The summed E-state index contributed by atoms with van der Waals surface area (Å²) in [5.41, 5.74) is 3.07. The molecule has 132 valence electrons. The summed E-state index contributed by atoms with van der Waals surface area (Å²) in [6.07, 6.45) is 2.97. The maximum absolute atomic E-state index is 12.5. The largest absolute Gasteiger partial charge is 0.454 e. The number of hydrogen-bond acceptors (Lipinski definition) is 4. The van der Waals surface area contributed by atoms with Gasteiger partial charge in [-0.2, -0.15) is 0 Å². The Kier molecular flexibility index (Phi) is 4.44.